The van der Waals surface area contributed by atoms with Gasteiger partial charge in [-0.3, -0.25) is 4.90 Å². The van der Waals surface area contributed by atoms with E-state index in [0.717, 1.165) is 57.6 Å². The second kappa shape index (κ2) is 14.9. The lowest BCUT2D eigenvalue weighted by Gasteiger charge is -2.39. The minimum Gasteiger partial charge on any atom is -0.477 e. The zero-order valence-electron chi connectivity index (χ0n) is 25.8. The first-order valence-electron chi connectivity index (χ1n) is 15.6. The van der Waals surface area contributed by atoms with Crippen LogP contribution in [0.2, 0.25) is 0 Å². The van der Waals surface area contributed by atoms with Gasteiger partial charge in [0.2, 0.25) is 0 Å². The van der Waals surface area contributed by atoms with Gasteiger partial charge in [0.05, 0.1) is 36.0 Å². The van der Waals surface area contributed by atoms with Crippen molar-refractivity contribution in [2.75, 3.05) is 51.0 Å². The Kier molecular flexibility index (Phi) is 11.0. The Morgan fingerprint density at radius 2 is 1.98 bits per heavy atom. The summed E-state index contributed by atoms with van der Waals surface area (Å²) in [6.45, 7) is 4.84. The molecule has 1 aliphatic heterocycles. The topological polar surface area (TPSA) is 109 Å². The van der Waals surface area contributed by atoms with Gasteiger partial charge in [-0.1, -0.05) is 12.0 Å². The molecule has 0 bridgehead atoms. The second-order valence-electron chi connectivity index (χ2n) is 12.0. The number of hydrogen-bond donors (Lipinski definition) is 2. The van der Waals surface area contributed by atoms with Gasteiger partial charge in [-0.2, -0.15) is 5.26 Å². The molecule has 2 aliphatic carbocycles. The van der Waals surface area contributed by atoms with E-state index >= 15 is 0 Å². The van der Waals surface area contributed by atoms with Crippen molar-refractivity contribution >= 4 is 44.4 Å². The van der Waals surface area contributed by atoms with Gasteiger partial charge in [0.15, 0.2) is 16.4 Å². The fourth-order valence-corrected chi connectivity index (χ4v) is 7.26. The summed E-state index contributed by atoms with van der Waals surface area (Å²) in [5.41, 5.74) is 3.29. The van der Waals surface area contributed by atoms with Gasteiger partial charge in [-0.25, -0.2) is 8.42 Å². The van der Waals surface area contributed by atoms with E-state index in [4.69, 9.17) is 14.7 Å². The number of anilines is 1. The summed E-state index contributed by atoms with van der Waals surface area (Å²) in [4.78, 5) is 2.76. The van der Waals surface area contributed by atoms with Crippen LogP contribution in [-0.2, 0) is 21.1 Å². The van der Waals surface area contributed by atoms with Crippen molar-refractivity contribution in [1.29, 1.82) is 5.26 Å². The Hall–Kier alpha value is -2.95. The smallest absolute Gasteiger partial charge is 0.175 e. The van der Waals surface area contributed by atoms with Crippen LogP contribution in [-0.4, -0.2) is 89.1 Å². The Morgan fingerprint density at radius 3 is 2.68 bits per heavy atom. The number of aromatic nitrogens is 1. The molecule has 9 nitrogen and oxygen atoms in total. The highest BCUT2D eigenvalue weighted by Gasteiger charge is 2.27. The number of fused-ring (bicyclic) bond motifs is 1. The molecule has 0 amide bonds. The number of ether oxygens (including phenoxy) is 2. The summed E-state index contributed by atoms with van der Waals surface area (Å²) in [6.07, 6.45) is 10.4. The van der Waals surface area contributed by atoms with Gasteiger partial charge >= 0.3 is 0 Å². The van der Waals surface area contributed by atoms with Crippen LogP contribution >= 0.6 is 9.24 Å². The molecule has 0 spiro atoms. The van der Waals surface area contributed by atoms with Crippen LogP contribution in [0.3, 0.4) is 0 Å². The highest BCUT2D eigenvalue weighted by atomic mass is 32.2. The first kappa shape index (κ1) is 32.4. The van der Waals surface area contributed by atoms with Crippen LogP contribution < -0.4 is 25.9 Å². The van der Waals surface area contributed by atoms with Crippen LogP contribution in [0, 0.1) is 23.2 Å². The number of hydrogen-bond acceptors (Lipinski definition) is 8. The molecule has 1 saturated carbocycles. The SMILES string of the molecule is BC(P)Cn1c(C#CCNc2ccc(S(C)(=O)=O)cc2OCC#N)cc2c1=CCCC=2NC1CCC(N2CCOCC2)CC1. The lowest BCUT2D eigenvalue weighted by atomic mass is 9.89. The third kappa shape index (κ3) is 8.20. The lowest BCUT2D eigenvalue weighted by molar-refractivity contribution is 0.00694. The molecule has 2 fully saturated rings. The van der Waals surface area contributed by atoms with Gasteiger partial charge in [0, 0.05) is 60.3 Å². The zero-order valence-corrected chi connectivity index (χ0v) is 27.7. The van der Waals surface area contributed by atoms with Gasteiger partial charge in [-0.15, -0.1) is 9.24 Å². The third-order valence-electron chi connectivity index (χ3n) is 8.56. The average Bonchev–Trinajstić information content (AvgIpc) is 3.36. The summed E-state index contributed by atoms with van der Waals surface area (Å²) in [5.74, 6) is 6.95. The monoisotopic (exact) mass is 635 g/mol. The van der Waals surface area contributed by atoms with E-state index in [1.165, 1.54) is 54.1 Å². The van der Waals surface area contributed by atoms with E-state index in [2.05, 4.69) is 61.2 Å². The van der Waals surface area contributed by atoms with Crippen molar-refractivity contribution in [3.8, 4) is 23.7 Å². The number of nitriles is 1. The van der Waals surface area contributed by atoms with E-state index in [1.807, 2.05) is 6.07 Å². The maximum atomic E-state index is 12.0. The molecule has 44 heavy (non-hydrogen) atoms. The van der Waals surface area contributed by atoms with E-state index in [-0.39, 0.29) is 11.5 Å². The van der Waals surface area contributed by atoms with Gasteiger partial charge in [-0.05, 0) is 68.2 Å². The number of sulfone groups is 1. The molecule has 1 saturated heterocycles. The highest BCUT2D eigenvalue weighted by Crippen LogP contribution is 2.28. The van der Waals surface area contributed by atoms with E-state index < -0.39 is 9.84 Å². The number of nitrogens with zero attached hydrogens (tertiary/aromatic N) is 3. The standard InChI is InChI=1S/C32H43BN5O4PS/c1-44(39,40)26-11-12-29(31(21-26)42-17-13-34)35-14-3-4-25-20-27-28(5-2-6-30(27)38(25)22-32(33)43)36-23-7-9-24(10-8-23)37-15-18-41-19-16-37/h6,11-12,20-21,23-24,32,35-36H,2,5,7-10,14-19,22,33,43H2,1H3. The van der Waals surface area contributed by atoms with Gasteiger partial charge < -0.3 is 24.7 Å². The Balaban J connectivity index is 1.32. The van der Waals surface area contributed by atoms with E-state index in [9.17, 15) is 8.42 Å². The predicted octanol–water partition coefficient (Wildman–Crippen LogP) is 1.01. The van der Waals surface area contributed by atoms with Crippen molar-refractivity contribution in [1.82, 2.24) is 14.8 Å². The maximum absolute atomic E-state index is 12.0. The molecule has 2 atom stereocenters. The zero-order chi connectivity index (χ0) is 31.1. The van der Waals surface area contributed by atoms with Crippen LogP contribution in [0.4, 0.5) is 5.69 Å². The molecule has 2 aromatic rings. The lowest BCUT2D eigenvalue weighted by Crippen LogP contribution is -2.47. The molecule has 2 unspecified atom stereocenters. The third-order valence-corrected chi connectivity index (χ3v) is 9.88. The average molecular weight is 636 g/mol. The van der Waals surface area contributed by atoms with Crippen LogP contribution in [0.15, 0.2) is 29.2 Å². The molecule has 2 heterocycles. The summed E-state index contributed by atoms with van der Waals surface area (Å²) in [5, 5.41) is 18.7. The highest BCUT2D eigenvalue weighted by molar-refractivity contribution is 7.90. The molecule has 1 aromatic heterocycles. The fraction of sp³-hybridized carbons (Fsp3) is 0.531. The molecule has 234 valence electrons. The summed E-state index contributed by atoms with van der Waals surface area (Å²) < 4.78 is 37.4. The molecular formula is C32H43BN5O4PS. The number of benzene rings is 1. The second-order valence-corrected chi connectivity index (χ2v) is 15.1. The quantitative estimate of drug-likeness (QED) is 0.227. The maximum Gasteiger partial charge on any atom is 0.175 e. The van der Waals surface area contributed by atoms with Crippen molar-refractivity contribution in [3.63, 3.8) is 0 Å². The van der Waals surface area contributed by atoms with Crippen LogP contribution in [0.1, 0.15) is 44.2 Å². The summed E-state index contributed by atoms with van der Waals surface area (Å²) >= 11 is 0. The van der Waals surface area contributed by atoms with Crippen LogP contribution in [0.25, 0.3) is 11.8 Å². The summed E-state index contributed by atoms with van der Waals surface area (Å²) in [6, 6.07) is 9.97. The van der Waals surface area contributed by atoms with E-state index in [0.29, 0.717) is 35.6 Å². The summed E-state index contributed by atoms with van der Waals surface area (Å²) in [7, 11) is 1.69. The number of morpholine rings is 1. The van der Waals surface area contributed by atoms with Crippen molar-refractivity contribution in [3.05, 3.63) is 40.5 Å². The number of rotatable bonds is 10. The molecule has 12 heteroatoms. The minimum absolute atomic E-state index is 0.138. The Bertz CT molecular complexity index is 1660. The van der Waals surface area contributed by atoms with Crippen LogP contribution in [0.5, 0.6) is 5.75 Å². The van der Waals surface area contributed by atoms with Crippen molar-refractivity contribution in [2.45, 2.75) is 67.6 Å². The molecule has 2 N–H and O–H groups in total. The normalized spacial score (nSPS) is 21.2. The first-order valence-corrected chi connectivity index (χ1v) is 18.1. The molecular weight excluding hydrogens is 592 g/mol. The largest absolute Gasteiger partial charge is 0.477 e. The molecule has 1 aromatic carbocycles. The van der Waals surface area contributed by atoms with Crippen molar-refractivity contribution in [2.24, 2.45) is 0 Å². The Labute approximate surface area is 264 Å². The molecule has 0 radical (unpaired) electrons. The van der Waals surface area contributed by atoms with Gasteiger partial charge in [0.1, 0.15) is 19.7 Å². The predicted molar refractivity (Wildman–Crippen MR) is 180 cm³/mol. The first-order chi connectivity index (χ1) is 21.2. The molecule has 3 aliphatic rings. The van der Waals surface area contributed by atoms with Crippen molar-refractivity contribution < 1.29 is 17.9 Å². The molecule has 5 rings (SSSR count). The fourth-order valence-electron chi connectivity index (χ4n) is 6.41. The Morgan fingerprint density at radius 1 is 1.20 bits per heavy atom. The minimum atomic E-state index is -3.41. The number of nitrogens with one attached hydrogen (secondary N) is 2. The van der Waals surface area contributed by atoms with Gasteiger partial charge in [0.25, 0.3) is 0 Å². The van der Waals surface area contributed by atoms with E-state index in [1.54, 1.807) is 6.07 Å².